The predicted molar refractivity (Wildman–Crippen MR) is 91.4 cm³/mol. The first-order valence-corrected chi connectivity index (χ1v) is 8.80. The maximum Gasteiger partial charge on any atom is 0.311 e. The Balaban J connectivity index is 1.62. The Hall–Kier alpha value is -1.95. The number of hydrogen-bond donors (Lipinski definition) is 1. The lowest BCUT2D eigenvalue weighted by atomic mass is 9.81. The van der Waals surface area contributed by atoms with Crippen molar-refractivity contribution in [2.75, 3.05) is 26.7 Å². The number of benzene rings is 1. The van der Waals surface area contributed by atoms with Crippen LogP contribution in [0.1, 0.15) is 37.8 Å². The van der Waals surface area contributed by atoms with Gasteiger partial charge in [-0.15, -0.1) is 0 Å². The van der Waals surface area contributed by atoms with Crippen LogP contribution in [0.4, 0.5) is 4.39 Å². The van der Waals surface area contributed by atoms with Crippen molar-refractivity contribution >= 4 is 11.9 Å². The summed E-state index contributed by atoms with van der Waals surface area (Å²) in [7, 11) is 1.74. The molecule has 1 aromatic rings. The molecule has 1 saturated carbocycles. The summed E-state index contributed by atoms with van der Waals surface area (Å²) in [6.45, 7) is 3.27. The zero-order chi connectivity index (χ0) is 18.2. The minimum Gasteiger partial charge on any atom is -0.481 e. The molecule has 2 fully saturated rings. The van der Waals surface area contributed by atoms with Gasteiger partial charge in [0.2, 0.25) is 5.91 Å². The number of aliphatic carboxylic acids is 1. The van der Waals surface area contributed by atoms with Crippen molar-refractivity contribution in [3.05, 3.63) is 35.6 Å². The average Bonchev–Trinajstić information content (AvgIpc) is 3.12. The highest BCUT2D eigenvalue weighted by molar-refractivity contribution is 5.79. The largest absolute Gasteiger partial charge is 0.481 e. The third-order valence-corrected chi connectivity index (χ3v) is 6.05. The second-order valence-corrected chi connectivity index (χ2v) is 7.45. The van der Waals surface area contributed by atoms with Gasteiger partial charge < -0.3 is 10.0 Å². The maximum atomic E-state index is 13.1. The molecular weight excluding hydrogens is 323 g/mol. The molecule has 0 bridgehead atoms. The van der Waals surface area contributed by atoms with Crippen LogP contribution in [0.3, 0.4) is 0 Å². The number of carboxylic acid groups (broad SMARTS) is 1. The molecule has 0 aromatic heterocycles. The Morgan fingerprint density at radius 2 is 2.08 bits per heavy atom. The van der Waals surface area contributed by atoms with Gasteiger partial charge in [0, 0.05) is 20.1 Å². The number of fused-ring (bicyclic) bond motifs is 1. The molecule has 3 rings (SSSR count). The van der Waals surface area contributed by atoms with Gasteiger partial charge >= 0.3 is 5.97 Å². The standard InChI is InChI=1S/C19H25FN2O3/c1-13(14-5-7-16(20)8-6-14)21(2)17(23)11-22-10-15-4-3-9-19(15,12-22)18(24)25/h5-8,13,15H,3-4,9-12H2,1-2H3,(H,24,25)/t13?,15-,19+/m0/s1. The average molecular weight is 348 g/mol. The number of likely N-dealkylation sites (N-methyl/N-ethyl adjacent to an activating group) is 1. The van der Waals surface area contributed by atoms with Crippen LogP contribution in [-0.2, 0) is 9.59 Å². The van der Waals surface area contributed by atoms with E-state index in [1.165, 1.54) is 12.1 Å². The van der Waals surface area contributed by atoms with Gasteiger partial charge in [-0.2, -0.15) is 0 Å². The Morgan fingerprint density at radius 3 is 2.68 bits per heavy atom. The number of carboxylic acids is 1. The Labute approximate surface area is 147 Å². The fraction of sp³-hybridized carbons (Fsp3) is 0.579. The first kappa shape index (κ1) is 17.9. The molecule has 136 valence electrons. The normalized spacial score (nSPS) is 27.1. The van der Waals surface area contributed by atoms with E-state index in [1.54, 1.807) is 24.1 Å². The van der Waals surface area contributed by atoms with Gasteiger partial charge in [-0.1, -0.05) is 18.6 Å². The lowest BCUT2D eigenvalue weighted by Crippen LogP contribution is -2.40. The monoisotopic (exact) mass is 348 g/mol. The first-order valence-electron chi connectivity index (χ1n) is 8.80. The SMILES string of the molecule is CC(c1ccc(F)cc1)N(C)C(=O)CN1C[C@@H]2CCC[C@@]2(C(=O)O)C1. The molecule has 6 heteroatoms. The molecule has 1 heterocycles. The summed E-state index contributed by atoms with van der Waals surface area (Å²) in [5.41, 5.74) is 0.207. The summed E-state index contributed by atoms with van der Waals surface area (Å²) in [4.78, 5) is 28.0. The highest BCUT2D eigenvalue weighted by atomic mass is 19.1. The van der Waals surface area contributed by atoms with Gasteiger partial charge in [-0.25, -0.2) is 4.39 Å². The minimum atomic E-state index is -0.724. The number of amides is 1. The van der Waals surface area contributed by atoms with E-state index in [-0.39, 0.29) is 30.2 Å². The topological polar surface area (TPSA) is 60.9 Å². The number of carbonyl (C=O) groups excluding carboxylic acids is 1. The van der Waals surface area contributed by atoms with Crippen LogP contribution in [0, 0.1) is 17.2 Å². The molecule has 0 spiro atoms. The zero-order valence-corrected chi connectivity index (χ0v) is 14.7. The fourth-order valence-corrected chi connectivity index (χ4v) is 4.35. The fourth-order valence-electron chi connectivity index (χ4n) is 4.35. The second kappa shape index (κ2) is 6.75. The highest BCUT2D eigenvalue weighted by Gasteiger charge is 2.54. The molecule has 25 heavy (non-hydrogen) atoms. The molecule has 1 aliphatic heterocycles. The number of halogens is 1. The van der Waals surface area contributed by atoms with Crippen LogP contribution in [0.2, 0.25) is 0 Å². The number of hydrogen-bond acceptors (Lipinski definition) is 3. The Kier molecular flexibility index (Phi) is 4.82. The molecule has 1 amide bonds. The van der Waals surface area contributed by atoms with Crippen molar-refractivity contribution in [3.8, 4) is 0 Å². The maximum absolute atomic E-state index is 13.1. The van der Waals surface area contributed by atoms with E-state index in [4.69, 9.17) is 0 Å². The van der Waals surface area contributed by atoms with E-state index >= 15 is 0 Å². The third-order valence-electron chi connectivity index (χ3n) is 6.05. The summed E-state index contributed by atoms with van der Waals surface area (Å²) in [6.07, 6.45) is 2.60. The minimum absolute atomic E-state index is 0.0441. The molecule has 1 aromatic carbocycles. The van der Waals surface area contributed by atoms with E-state index in [0.717, 1.165) is 18.4 Å². The van der Waals surface area contributed by atoms with Gasteiger partial charge in [0.25, 0.3) is 0 Å². The van der Waals surface area contributed by atoms with Crippen molar-refractivity contribution in [2.24, 2.45) is 11.3 Å². The number of rotatable bonds is 5. The lowest BCUT2D eigenvalue weighted by molar-refractivity contribution is -0.149. The second-order valence-electron chi connectivity index (χ2n) is 7.45. The molecule has 5 nitrogen and oxygen atoms in total. The highest BCUT2D eigenvalue weighted by Crippen LogP contribution is 2.48. The van der Waals surface area contributed by atoms with E-state index in [0.29, 0.717) is 19.5 Å². The molecule has 1 aliphatic carbocycles. The lowest BCUT2D eigenvalue weighted by Gasteiger charge is -2.28. The van der Waals surface area contributed by atoms with Crippen LogP contribution in [0.15, 0.2) is 24.3 Å². The van der Waals surface area contributed by atoms with E-state index in [2.05, 4.69) is 0 Å². The van der Waals surface area contributed by atoms with Crippen LogP contribution in [0.5, 0.6) is 0 Å². The van der Waals surface area contributed by atoms with Gasteiger partial charge in [0.05, 0.1) is 18.0 Å². The van der Waals surface area contributed by atoms with E-state index in [9.17, 15) is 19.1 Å². The third kappa shape index (κ3) is 3.27. The number of nitrogens with zero attached hydrogens (tertiary/aromatic N) is 2. The molecule has 3 atom stereocenters. The van der Waals surface area contributed by atoms with Crippen molar-refractivity contribution in [2.45, 2.75) is 32.2 Å². The summed E-state index contributed by atoms with van der Waals surface area (Å²) in [5.74, 6) is -0.916. The van der Waals surface area contributed by atoms with Crippen LogP contribution in [0.25, 0.3) is 0 Å². The van der Waals surface area contributed by atoms with Gasteiger partial charge in [0.1, 0.15) is 5.82 Å². The smallest absolute Gasteiger partial charge is 0.311 e. The van der Waals surface area contributed by atoms with E-state index < -0.39 is 11.4 Å². The Morgan fingerprint density at radius 1 is 1.40 bits per heavy atom. The van der Waals surface area contributed by atoms with Crippen LogP contribution in [-0.4, -0.2) is 53.5 Å². The predicted octanol–water partition coefficient (Wildman–Crippen LogP) is 2.53. The number of likely N-dealkylation sites (tertiary alicyclic amines) is 1. The van der Waals surface area contributed by atoms with Crippen molar-refractivity contribution in [3.63, 3.8) is 0 Å². The Bertz CT molecular complexity index is 663. The van der Waals surface area contributed by atoms with Crippen molar-refractivity contribution < 1.29 is 19.1 Å². The van der Waals surface area contributed by atoms with Crippen LogP contribution < -0.4 is 0 Å². The zero-order valence-electron chi connectivity index (χ0n) is 14.7. The molecule has 1 saturated heterocycles. The van der Waals surface area contributed by atoms with E-state index in [1.807, 2.05) is 11.8 Å². The summed E-state index contributed by atoms with van der Waals surface area (Å²) < 4.78 is 13.1. The summed E-state index contributed by atoms with van der Waals surface area (Å²) >= 11 is 0. The van der Waals surface area contributed by atoms with Crippen molar-refractivity contribution in [1.29, 1.82) is 0 Å². The molecular formula is C19H25FN2O3. The van der Waals surface area contributed by atoms with Gasteiger partial charge in [0.15, 0.2) is 0 Å². The summed E-state index contributed by atoms with van der Waals surface area (Å²) in [6, 6.07) is 5.99. The summed E-state index contributed by atoms with van der Waals surface area (Å²) in [5, 5.41) is 9.64. The molecule has 1 N–H and O–H groups in total. The molecule has 0 radical (unpaired) electrons. The van der Waals surface area contributed by atoms with Gasteiger partial charge in [-0.05, 0) is 43.4 Å². The number of carbonyl (C=O) groups is 2. The molecule has 1 unspecified atom stereocenters. The quantitative estimate of drug-likeness (QED) is 0.888. The molecule has 2 aliphatic rings. The van der Waals surface area contributed by atoms with Crippen LogP contribution >= 0.6 is 0 Å². The van der Waals surface area contributed by atoms with Gasteiger partial charge in [-0.3, -0.25) is 14.5 Å². The first-order chi connectivity index (χ1) is 11.8. The van der Waals surface area contributed by atoms with Crippen molar-refractivity contribution in [1.82, 2.24) is 9.80 Å².